The second kappa shape index (κ2) is 8.86. The highest BCUT2D eigenvalue weighted by Gasteiger charge is 2.26. The zero-order chi connectivity index (χ0) is 20.3. The van der Waals surface area contributed by atoms with Crippen molar-refractivity contribution >= 4 is 46.7 Å². The summed E-state index contributed by atoms with van der Waals surface area (Å²) in [5, 5.41) is 19.5. The van der Waals surface area contributed by atoms with Crippen LogP contribution in [0.15, 0.2) is 68.1 Å². The first-order chi connectivity index (χ1) is 13.4. The summed E-state index contributed by atoms with van der Waals surface area (Å²) in [4.78, 5) is 1.06. The number of hydrogen-bond acceptors (Lipinski definition) is 4. The van der Waals surface area contributed by atoms with Crippen molar-refractivity contribution in [2.45, 2.75) is 19.6 Å². The van der Waals surface area contributed by atoms with Crippen LogP contribution in [0.3, 0.4) is 0 Å². The van der Waals surface area contributed by atoms with Crippen LogP contribution >= 0.6 is 46.7 Å². The highest BCUT2D eigenvalue weighted by Crippen LogP contribution is 2.44. The molecule has 3 rings (SSSR count). The molecule has 0 amide bonds. The molecule has 0 unspecified atom stereocenters. The predicted molar refractivity (Wildman–Crippen MR) is 107 cm³/mol. The van der Waals surface area contributed by atoms with Gasteiger partial charge in [0.05, 0.1) is 9.79 Å². The molecule has 28 heavy (non-hydrogen) atoms. The number of halogens is 4. The number of nitriles is 2. The van der Waals surface area contributed by atoms with E-state index in [0.29, 0.717) is 19.8 Å². The molecular weight excluding hydrogens is 441 g/mol. The summed E-state index contributed by atoms with van der Waals surface area (Å²) in [7, 11) is 0. The van der Waals surface area contributed by atoms with Crippen molar-refractivity contribution in [3.05, 3.63) is 81.3 Å². The molecule has 0 atom stereocenters. The summed E-state index contributed by atoms with van der Waals surface area (Å²) in [6, 6.07) is 16.3. The van der Waals surface area contributed by atoms with E-state index in [1.807, 2.05) is 0 Å². The largest absolute Gasteiger partial charge is 0.204 e. The van der Waals surface area contributed by atoms with E-state index in [2.05, 4.69) is 0 Å². The smallest absolute Gasteiger partial charge is 0.157 e. The lowest BCUT2D eigenvalue weighted by Crippen LogP contribution is -2.01. The van der Waals surface area contributed by atoms with Crippen LogP contribution in [-0.4, -0.2) is 0 Å². The van der Waals surface area contributed by atoms with E-state index in [1.165, 1.54) is 0 Å². The van der Waals surface area contributed by atoms with E-state index in [4.69, 9.17) is 23.2 Å². The minimum Gasteiger partial charge on any atom is -0.204 e. The Labute approximate surface area is 178 Å². The van der Waals surface area contributed by atoms with Gasteiger partial charge in [-0.15, -0.1) is 0 Å². The van der Waals surface area contributed by atoms with Gasteiger partial charge in [-0.25, -0.2) is 8.78 Å². The number of benzene rings is 3. The molecule has 0 N–H and O–H groups in total. The molecular formula is C20H8Cl2F2N2S2. The molecule has 0 aromatic heterocycles. The zero-order valence-electron chi connectivity index (χ0n) is 13.8. The van der Waals surface area contributed by atoms with Gasteiger partial charge in [0.25, 0.3) is 0 Å². The minimum absolute atomic E-state index is 0.0738. The van der Waals surface area contributed by atoms with Crippen molar-refractivity contribution in [2.24, 2.45) is 0 Å². The SMILES string of the molecule is N#Cc1c(F)c(Sc2ccc(Cl)cc2)c(Sc2ccc(Cl)cc2)c(F)c1C#N. The minimum atomic E-state index is -0.933. The molecule has 0 saturated heterocycles. The average molecular weight is 449 g/mol. The molecule has 0 heterocycles. The Kier molecular flexibility index (Phi) is 6.49. The van der Waals surface area contributed by atoms with Crippen LogP contribution in [0, 0.1) is 34.3 Å². The second-order valence-electron chi connectivity index (χ2n) is 5.37. The van der Waals surface area contributed by atoms with Gasteiger partial charge in [-0.3, -0.25) is 0 Å². The van der Waals surface area contributed by atoms with Gasteiger partial charge >= 0.3 is 0 Å². The lowest BCUT2D eigenvalue weighted by atomic mass is 10.1. The van der Waals surface area contributed by atoms with Crippen molar-refractivity contribution < 1.29 is 8.78 Å². The molecule has 2 nitrogen and oxygen atoms in total. The quantitative estimate of drug-likeness (QED) is 0.419. The molecule has 0 aliphatic rings. The molecule has 0 radical (unpaired) electrons. The van der Waals surface area contributed by atoms with Gasteiger partial charge in [-0.05, 0) is 48.5 Å². The van der Waals surface area contributed by atoms with Crippen molar-refractivity contribution in [2.75, 3.05) is 0 Å². The van der Waals surface area contributed by atoms with Gasteiger partial charge in [-0.2, -0.15) is 10.5 Å². The molecule has 138 valence electrons. The molecule has 0 spiro atoms. The summed E-state index contributed by atoms with van der Waals surface area (Å²) in [6.45, 7) is 0. The first-order valence-corrected chi connectivity index (χ1v) is 10.1. The summed E-state index contributed by atoms with van der Waals surface area (Å²) in [6.07, 6.45) is 0. The summed E-state index contributed by atoms with van der Waals surface area (Å²) < 4.78 is 30.1. The zero-order valence-corrected chi connectivity index (χ0v) is 17.0. The molecule has 0 aliphatic carbocycles. The topological polar surface area (TPSA) is 47.6 Å². The van der Waals surface area contributed by atoms with Crippen molar-refractivity contribution in [1.82, 2.24) is 0 Å². The normalized spacial score (nSPS) is 10.4. The second-order valence-corrected chi connectivity index (χ2v) is 8.41. The fraction of sp³-hybridized carbons (Fsp3) is 0. The van der Waals surface area contributed by atoms with Crippen molar-refractivity contribution in [3.8, 4) is 12.1 Å². The molecule has 0 bridgehead atoms. The maximum absolute atomic E-state index is 15.1. The van der Waals surface area contributed by atoms with Crippen LogP contribution in [0.2, 0.25) is 10.0 Å². The third-order valence-electron chi connectivity index (χ3n) is 3.58. The van der Waals surface area contributed by atoms with E-state index >= 15 is 8.78 Å². The lowest BCUT2D eigenvalue weighted by molar-refractivity contribution is 0.544. The number of hydrogen-bond donors (Lipinski definition) is 0. The van der Waals surface area contributed by atoms with Gasteiger partial charge in [0.2, 0.25) is 0 Å². The Balaban J connectivity index is 2.18. The highest BCUT2D eigenvalue weighted by molar-refractivity contribution is 8.02. The Morgan fingerprint density at radius 3 is 1.25 bits per heavy atom. The predicted octanol–water partition coefficient (Wildman–Crippen LogP) is 7.32. The average Bonchev–Trinajstić information content (AvgIpc) is 2.70. The summed E-state index contributed by atoms with van der Waals surface area (Å²) in [5.41, 5.74) is -1.23. The third-order valence-corrected chi connectivity index (χ3v) is 6.41. The Morgan fingerprint density at radius 1 is 0.643 bits per heavy atom. The molecule has 0 aliphatic heterocycles. The number of rotatable bonds is 4. The molecule has 3 aromatic rings. The van der Waals surface area contributed by atoms with Gasteiger partial charge < -0.3 is 0 Å². The Morgan fingerprint density at radius 2 is 0.964 bits per heavy atom. The van der Waals surface area contributed by atoms with Gasteiger partial charge in [0, 0.05) is 19.8 Å². The van der Waals surface area contributed by atoms with E-state index in [9.17, 15) is 10.5 Å². The number of nitrogens with zero attached hydrogens (tertiary/aromatic N) is 2. The Bertz CT molecular complexity index is 1030. The molecule has 0 fully saturated rings. The fourth-order valence-corrected chi connectivity index (χ4v) is 4.54. The molecule has 0 saturated carbocycles. The van der Waals surface area contributed by atoms with Crippen LogP contribution in [0.25, 0.3) is 0 Å². The van der Waals surface area contributed by atoms with Crippen LogP contribution in [0.1, 0.15) is 11.1 Å². The maximum atomic E-state index is 15.1. The maximum Gasteiger partial charge on any atom is 0.157 e. The third kappa shape index (κ3) is 4.27. The van der Waals surface area contributed by atoms with Crippen molar-refractivity contribution in [1.29, 1.82) is 10.5 Å². The van der Waals surface area contributed by atoms with Crippen LogP contribution in [-0.2, 0) is 0 Å². The van der Waals surface area contributed by atoms with E-state index in [0.717, 1.165) is 23.5 Å². The monoisotopic (exact) mass is 448 g/mol. The van der Waals surface area contributed by atoms with Crippen molar-refractivity contribution in [3.63, 3.8) is 0 Å². The van der Waals surface area contributed by atoms with E-state index < -0.39 is 22.8 Å². The standard InChI is InChI=1S/C20H8Cl2F2N2S2/c21-11-1-5-13(6-2-11)27-19-17(23)15(9-25)16(10-26)18(24)20(19)28-14-7-3-12(22)4-8-14/h1-8H. The van der Waals surface area contributed by atoms with Gasteiger partial charge in [-0.1, -0.05) is 46.7 Å². The summed E-state index contributed by atoms with van der Waals surface area (Å²) >= 11 is 13.7. The van der Waals surface area contributed by atoms with Crippen LogP contribution in [0.4, 0.5) is 8.78 Å². The van der Waals surface area contributed by atoms with Crippen LogP contribution < -0.4 is 0 Å². The first kappa shape index (κ1) is 20.5. The lowest BCUT2D eigenvalue weighted by Gasteiger charge is -2.14. The highest BCUT2D eigenvalue weighted by atomic mass is 35.5. The van der Waals surface area contributed by atoms with E-state index in [-0.39, 0.29) is 9.79 Å². The van der Waals surface area contributed by atoms with E-state index in [1.54, 1.807) is 60.7 Å². The first-order valence-electron chi connectivity index (χ1n) is 7.66. The molecule has 3 aromatic carbocycles. The van der Waals surface area contributed by atoms with Gasteiger partial charge in [0.15, 0.2) is 11.6 Å². The van der Waals surface area contributed by atoms with Crippen LogP contribution in [0.5, 0.6) is 0 Å². The summed E-state index contributed by atoms with van der Waals surface area (Å²) in [5.74, 6) is -1.87. The Hall–Kier alpha value is -2.22. The fourth-order valence-electron chi connectivity index (χ4n) is 2.28. The molecule has 8 heteroatoms. The van der Waals surface area contributed by atoms with Gasteiger partial charge in [0.1, 0.15) is 23.3 Å².